The molecule has 0 amide bonds. The number of ether oxygens (including phenoxy) is 1. The summed E-state index contributed by atoms with van der Waals surface area (Å²) in [5, 5.41) is 8.89. The Morgan fingerprint density at radius 3 is 2.90 bits per heavy atom. The second-order valence-corrected chi connectivity index (χ2v) is 1.72. The van der Waals surface area contributed by atoms with E-state index in [9.17, 15) is 0 Å². The van der Waals surface area contributed by atoms with Crippen molar-refractivity contribution in [2.45, 2.75) is 0 Å². The van der Waals surface area contributed by atoms with Gasteiger partial charge in [0.2, 0.25) is 0 Å². The molecule has 0 bridgehead atoms. The average molecular weight is 134 g/mol. The Morgan fingerprint density at radius 1 is 1.50 bits per heavy atom. The normalized spacial score (nSPS) is 8.30. The zero-order valence-electron chi connectivity index (χ0n) is 5.24. The molecule has 0 aliphatic carbocycles. The summed E-state index contributed by atoms with van der Waals surface area (Å²) in [5.74, 6) is 0.621. The number of phenolic OH excluding ortho intramolecular Hbond substituents is 1. The first-order valence-electron chi connectivity index (χ1n) is 2.74. The van der Waals surface area contributed by atoms with Gasteiger partial charge in [-0.2, -0.15) is 0 Å². The summed E-state index contributed by atoms with van der Waals surface area (Å²) in [6, 6.07) is 6.31. The van der Waals surface area contributed by atoms with E-state index in [2.05, 4.69) is 4.74 Å². The van der Waals surface area contributed by atoms with E-state index in [1.165, 1.54) is 6.07 Å². The third-order valence-electron chi connectivity index (χ3n) is 0.994. The Balaban J connectivity index is 2.87. The van der Waals surface area contributed by atoms with Crippen LogP contribution in [0.5, 0.6) is 11.5 Å². The second-order valence-electron chi connectivity index (χ2n) is 1.72. The lowest BCUT2D eigenvalue weighted by molar-refractivity contribution is 0.465. The highest BCUT2D eigenvalue weighted by Crippen LogP contribution is 2.16. The zero-order valence-corrected chi connectivity index (χ0v) is 5.24. The zero-order chi connectivity index (χ0) is 7.40. The third-order valence-corrected chi connectivity index (χ3v) is 0.994. The van der Waals surface area contributed by atoms with Crippen molar-refractivity contribution in [1.82, 2.24) is 0 Å². The first kappa shape index (κ1) is 6.50. The minimum Gasteiger partial charge on any atom is -0.508 e. The van der Waals surface area contributed by atoms with Gasteiger partial charge in [-0.25, -0.2) is 0 Å². The molecule has 0 radical (unpaired) electrons. The second kappa shape index (κ2) is 2.79. The number of phenols is 1. The summed E-state index contributed by atoms with van der Waals surface area (Å²) in [5.41, 5.74) is 0. The summed E-state index contributed by atoms with van der Waals surface area (Å²) in [6.45, 7) is 0. The highest BCUT2D eigenvalue weighted by Gasteiger charge is 1.90. The van der Waals surface area contributed by atoms with E-state index in [0.29, 0.717) is 5.75 Å². The smallest absolute Gasteiger partial charge is 0.143 e. The van der Waals surface area contributed by atoms with Crippen molar-refractivity contribution in [2.75, 3.05) is 0 Å². The quantitative estimate of drug-likeness (QED) is 0.587. The molecule has 0 aliphatic rings. The van der Waals surface area contributed by atoms with Crippen LogP contribution in [0.3, 0.4) is 0 Å². The van der Waals surface area contributed by atoms with Gasteiger partial charge in [0.05, 0.1) is 0 Å². The molecule has 0 saturated carbocycles. The lowest BCUT2D eigenvalue weighted by Crippen LogP contribution is -1.79. The number of hydrogen-bond donors (Lipinski definition) is 1. The van der Waals surface area contributed by atoms with Crippen LogP contribution in [0.4, 0.5) is 0 Å². The topological polar surface area (TPSA) is 29.5 Å². The molecule has 1 aromatic rings. The molecular formula is C8H6O2. The molecule has 0 spiro atoms. The third kappa shape index (κ3) is 1.43. The summed E-state index contributed by atoms with van der Waals surface area (Å²) in [7, 11) is 0. The maximum absolute atomic E-state index is 8.89. The Labute approximate surface area is 59.1 Å². The van der Waals surface area contributed by atoms with Crippen molar-refractivity contribution < 1.29 is 9.84 Å². The highest BCUT2D eigenvalue weighted by molar-refractivity contribution is 5.32. The molecule has 0 saturated heterocycles. The molecule has 50 valence electrons. The van der Waals surface area contributed by atoms with Crippen molar-refractivity contribution in [3.63, 3.8) is 0 Å². The minimum absolute atomic E-state index is 0.146. The van der Waals surface area contributed by atoms with Gasteiger partial charge in [-0.15, -0.1) is 0 Å². The Bertz CT molecular complexity index is 260. The first-order chi connectivity index (χ1) is 4.83. The maximum Gasteiger partial charge on any atom is 0.143 e. The number of rotatable bonds is 1. The molecule has 2 heteroatoms. The Hall–Kier alpha value is -1.62. The van der Waals surface area contributed by atoms with Crippen molar-refractivity contribution in [1.29, 1.82) is 0 Å². The Kier molecular flexibility index (Phi) is 1.81. The molecule has 0 aromatic heterocycles. The van der Waals surface area contributed by atoms with Gasteiger partial charge in [0, 0.05) is 6.07 Å². The maximum atomic E-state index is 8.89. The van der Waals surface area contributed by atoms with E-state index in [4.69, 9.17) is 11.5 Å². The molecule has 1 aromatic carbocycles. The summed E-state index contributed by atoms with van der Waals surface area (Å²) >= 11 is 0. The lowest BCUT2D eigenvalue weighted by atomic mass is 10.3. The van der Waals surface area contributed by atoms with E-state index in [0.717, 1.165) is 0 Å². The van der Waals surface area contributed by atoms with Crippen molar-refractivity contribution in [3.05, 3.63) is 24.3 Å². The van der Waals surface area contributed by atoms with E-state index in [-0.39, 0.29) is 5.75 Å². The van der Waals surface area contributed by atoms with Crippen LogP contribution in [0.2, 0.25) is 0 Å². The van der Waals surface area contributed by atoms with Crippen LogP contribution >= 0.6 is 0 Å². The van der Waals surface area contributed by atoms with Crippen LogP contribution in [0.15, 0.2) is 24.3 Å². The van der Waals surface area contributed by atoms with Crippen LogP contribution in [-0.2, 0) is 0 Å². The largest absolute Gasteiger partial charge is 0.508 e. The lowest BCUT2D eigenvalue weighted by Gasteiger charge is -1.95. The van der Waals surface area contributed by atoms with Gasteiger partial charge in [0.1, 0.15) is 17.6 Å². The van der Waals surface area contributed by atoms with Gasteiger partial charge in [-0.05, 0) is 12.1 Å². The molecule has 1 rings (SSSR count). The predicted molar refractivity (Wildman–Crippen MR) is 37.6 cm³/mol. The minimum atomic E-state index is 0.146. The average Bonchev–Trinajstić information content (AvgIpc) is 1.88. The van der Waals surface area contributed by atoms with Gasteiger partial charge < -0.3 is 9.84 Å². The number of aromatic hydroxyl groups is 1. The monoisotopic (exact) mass is 134 g/mol. The predicted octanol–water partition coefficient (Wildman–Crippen LogP) is 1.36. The summed E-state index contributed by atoms with van der Waals surface area (Å²) in [6.07, 6.45) is 6.86. The Morgan fingerprint density at radius 2 is 2.30 bits per heavy atom. The fourth-order valence-electron chi connectivity index (χ4n) is 0.615. The molecule has 0 heterocycles. The fraction of sp³-hybridized carbons (Fsp3) is 0. The molecular weight excluding hydrogens is 128 g/mol. The number of benzene rings is 1. The van der Waals surface area contributed by atoms with Gasteiger partial charge in [0.15, 0.2) is 0 Å². The molecule has 0 atom stereocenters. The van der Waals surface area contributed by atoms with Crippen LogP contribution in [-0.4, -0.2) is 5.11 Å². The van der Waals surface area contributed by atoms with Crippen molar-refractivity contribution in [3.8, 4) is 24.0 Å². The molecule has 0 fully saturated rings. The number of terminal acetylenes is 1. The van der Waals surface area contributed by atoms with Crippen molar-refractivity contribution >= 4 is 0 Å². The van der Waals surface area contributed by atoms with Crippen LogP contribution in [0, 0.1) is 12.5 Å². The van der Waals surface area contributed by atoms with Crippen LogP contribution in [0.25, 0.3) is 0 Å². The highest BCUT2D eigenvalue weighted by atomic mass is 16.5. The standard InChI is InChI=1S/C8H6O2/c1-2-10-8-5-3-4-7(9)6-8/h1,3-6,9H. The molecule has 0 aliphatic heterocycles. The van der Waals surface area contributed by atoms with Gasteiger partial charge in [-0.3, -0.25) is 0 Å². The first-order valence-corrected chi connectivity index (χ1v) is 2.74. The van der Waals surface area contributed by atoms with E-state index in [1.807, 2.05) is 6.11 Å². The van der Waals surface area contributed by atoms with Crippen LogP contribution < -0.4 is 4.74 Å². The SMILES string of the molecule is C#COc1cccc(O)c1. The van der Waals surface area contributed by atoms with E-state index >= 15 is 0 Å². The van der Waals surface area contributed by atoms with Gasteiger partial charge >= 0.3 is 0 Å². The number of hydrogen-bond acceptors (Lipinski definition) is 2. The van der Waals surface area contributed by atoms with Crippen molar-refractivity contribution in [2.24, 2.45) is 0 Å². The molecule has 0 unspecified atom stereocenters. The summed E-state index contributed by atoms with van der Waals surface area (Å²) < 4.78 is 4.65. The summed E-state index contributed by atoms with van der Waals surface area (Å²) in [4.78, 5) is 0. The van der Waals surface area contributed by atoms with Crippen LogP contribution in [0.1, 0.15) is 0 Å². The van der Waals surface area contributed by atoms with Gasteiger partial charge in [-0.1, -0.05) is 12.5 Å². The van der Waals surface area contributed by atoms with E-state index < -0.39 is 0 Å². The fourth-order valence-corrected chi connectivity index (χ4v) is 0.615. The molecule has 2 nitrogen and oxygen atoms in total. The van der Waals surface area contributed by atoms with Gasteiger partial charge in [0.25, 0.3) is 0 Å². The van der Waals surface area contributed by atoms with E-state index in [1.54, 1.807) is 18.2 Å². The molecule has 1 N–H and O–H groups in total. The molecule has 10 heavy (non-hydrogen) atoms.